The molecular weight excluding hydrogens is 226 g/mol. The van der Waals surface area contributed by atoms with Crippen LogP contribution < -0.4 is 0 Å². The Morgan fingerprint density at radius 1 is 1.44 bits per heavy atom. The van der Waals surface area contributed by atoms with Crippen LogP contribution in [-0.4, -0.2) is 5.91 Å². The number of hydrogen-bond acceptors (Lipinski definition) is 2. The Bertz CT molecular complexity index is 427. The molecule has 0 aliphatic rings. The van der Waals surface area contributed by atoms with Gasteiger partial charge in [0.2, 0.25) is 0 Å². The van der Waals surface area contributed by atoms with Crippen molar-refractivity contribution < 1.29 is 4.79 Å². The van der Waals surface area contributed by atoms with Gasteiger partial charge >= 0.3 is 0 Å². The highest BCUT2D eigenvalue weighted by molar-refractivity contribution is 6.30. The molecule has 0 aliphatic heterocycles. The fourth-order valence-electron chi connectivity index (χ4n) is 1.53. The number of halogens is 1. The fraction of sp³-hybridized carbons (Fsp3) is 0.417. The zero-order chi connectivity index (χ0) is 12.3. The highest BCUT2D eigenvalue weighted by atomic mass is 35.5. The maximum atomic E-state index is 11.3. The molecule has 4 heteroatoms. The Labute approximate surface area is 99.8 Å². The Hall–Kier alpha value is -1.22. The van der Waals surface area contributed by atoms with Crippen molar-refractivity contribution in [1.29, 1.82) is 0 Å². The van der Waals surface area contributed by atoms with Gasteiger partial charge in [-0.25, -0.2) is 0 Å². The largest absolute Gasteiger partial charge is 0.292 e. The minimum atomic E-state index is -0.764. The number of rotatable bonds is 3. The lowest BCUT2D eigenvalue weighted by atomic mass is 9.84. The van der Waals surface area contributed by atoms with E-state index >= 15 is 0 Å². The van der Waals surface area contributed by atoms with Gasteiger partial charge < -0.3 is 0 Å². The van der Waals surface area contributed by atoms with Crippen LogP contribution in [0, 0.1) is 17.2 Å². The van der Waals surface area contributed by atoms with Crippen LogP contribution in [0.5, 0.6) is 0 Å². The van der Waals surface area contributed by atoms with Gasteiger partial charge in [0.25, 0.3) is 5.91 Å². The molecule has 0 fully saturated rings. The molecule has 1 aromatic carbocycles. The Kier molecular flexibility index (Phi) is 3.81. The lowest BCUT2D eigenvalue weighted by Gasteiger charge is -2.20. The molecule has 1 amide bonds. The van der Waals surface area contributed by atoms with E-state index < -0.39 is 11.3 Å². The summed E-state index contributed by atoms with van der Waals surface area (Å²) in [5, 5.41) is 3.15. The van der Waals surface area contributed by atoms with Gasteiger partial charge in [-0.2, -0.15) is 0 Å². The number of amides is 1. The first-order valence-electron chi connectivity index (χ1n) is 4.99. The molecule has 0 saturated carbocycles. The average molecular weight is 240 g/mol. The van der Waals surface area contributed by atoms with E-state index in [1.54, 1.807) is 19.9 Å². The third-order valence-electron chi connectivity index (χ3n) is 2.60. The molecule has 0 spiro atoms. The highest BCUT2D eigenvalue weighted by Crippen LogP contribution is 2.26. The van der Waals surface area contributed by atoms with Crippen LogP contribution in [0.1, 0.15) is 25.0 Å². The van der Waals surface area contributed by atoms with Crippen LogP contribution in [0.25, 0.3) is 0 Å². The van der Waals surface area contributed by atoms with Gasteiger partial charge in [-0.05, 0) is 36.6 Å². The first kappa shape index (κ1) is 12.8. The van der Waals surface area contributed by atoms with Crippen molar-refractivity contribution in [2.75, 3.05) is 0 Å². The van der Waals surface area contributed by atoms with E-state index in [4.69, 9.17) is 11.6 Å². The molecule has 0 aliphatic carbocycles. The summed E-state index contributed by atoms with van der Waals surface area (Å²) in [7, 11) is 0. The molecule has 0 N–H and O–H groups in total. The maximum Gasteiger partial charge on any atom is 0.292 e. The molecule has 1 aromatic rings. The van der Waals surface area contributed by atoms with E-state index in [2.05, 4.69) is 5.18 Å². The first-order chi connectivity index (χ1) is 7.36. The van der Waals surface area contributed by atoms with Crippen molar-refractivity contribution >= 4 is 17.5 Å². The zero-order valence-corrected chi connectivity index (χ0v) is 10.3. The summed E-state index contributed by atoms with van der Waals surface area (Å²) in [6.07, 6.45) is 0.487. The number of aryl methyl sites for hydroxylation is 1. The molecule has 3 nitrogen and oxygen atoms in total. The van der Waals surface area contributed by atoms with E-state index in [0.29, 0.717) is 11.4 Å². The molecule has 1 rings (SSSR count). The zero-order valence-electron chi connectivity index (χ0n) is 9.58. The van der Waals surface area contributed by atoms with Crippen LogP contribution in [-0.2, 0) is 11.2 Å². The molecule has 0 radical (unpaired) electrons. The van der Waals surface area contributed by atoms with Crippen molar-refractivity contribution in [3.8, 4) is 0 Å². The van der Waals surface area contributed by atoms with Crippen LogP contribution in [0.4, 0.5) is 0 Å². The Morgan fingerprint density at radius 2 is 2.06 bits per heavy atom. The lowest BCUT2D eigenvalue weighted by Crippen LogP contribution is -2.25. The van der Waals surface area contributed by atoms with Gasteiger partial charge in [0.1, 0.15) is 0 Å². The van der Waals surface area contributed by atoms with Crippen molar-refractivity contribution in [2.24, 2.45) is 10.6 Å². The predicted octanol–water partition coefficient (Wildman–Crippen LogP) is 3.51. The molecule has 0 aromatic heterocycles. The monoisotopic (exact) mass is 239 g/mol. The van der Waals surface area contributed by atoms with Crippen LogP contribution in [0.2, 0.25) is 5.02 Å². The predicted molar refractivity (Wildman–Crippen MR) is 64.5 cm³/mol. The number of hydrogen-bond donors (Lipinski definition) is 0. The van der Waals surface area contributed by atoms with Crippen molar-refractivity contribution in [3.05, 3.63) is 39.3 Å². The Balaban J connectivity index is 2.96. The molecule has 16 heavy (non-hydrogen) atoms. The Morgan fingerprint density at radius 3 is 2.56 bits per heavy atom. The minimum Gasteiger partial charge on any atom is -0.268 e. The standard InChI is InChI=1S/C12H14ClNO2/c1-8-6-10(13)5-4-9(8)7-12(2,3)11(15)14-16/h4-6H,7H2,1-3H3. The van der Waals surface area contributed by atoms with Gasteiger partial charge in [0.15, 0.2) is 0 Å². The first-order valence-corrected chi connectivity index (χ1v) is 5.37. The molecule has 0 heterocycles. The number of nitroso groups, excluding NO2 is 1. The summed E-state index contributed by atoms with van der Waals surface area (Å²) in [5.41, 5.74) is 1.26. The number of nitrogens with zero attached hydrogens (tertiary/aromatic N) is 1. The second-order valence-corrected chi connectivity index (χ2v) is 4.96. The summed E-state index contributed by atoms with van der Waals surface area (Å²) in [5.74, 6) is -0.623. The van der Waals surface area contributed by atoms with E-state index in [-0.39, 0.29) is 0 Å². The van der Waals surface area contributed by atoms with Gasteiger partial charge in [0.05, 0.1) is 5.41 Å². The average Bonchev–Trinajstić information content (AvgIpc) is 2.21. The van der Waals surface area contributed by atoms with Crippen LogP contribution in [0.15, 0.2) is 23.4 Å². The summed E-state index contributed by atoms with van der Waals surface area (Å²) >= 11 is 5.84. The van der Waals surface area contributed by atoms with Crippen molar-refractivity contribution in [3.63, 3.8) is 0 Å². The molecule has 0 atom stereocenters. The normalized spacial score (nSPS) is 11.2. The van der Waals surface area contributed by atoms with Crippen molar-refractivity contribution in [1.82, 2.24) is 0 Å². The highest BCUT2D eigenvalue weighted by Gasteiger charge is 2.29. The fourth-order valence-corrected chi connectivity index (χ4v) is 1.76. The summed E-state index contributed by atoms with van der Waals surface area (Å²) in [6, 6.07) is 5.49. The van der Waals surface area contributed by atoms with Gasteiger partial charge in [-0.15, -0.1) is 4.91 Å². The second kappa shape index (κ2) is 4.74. The maximum absolute atomic E-state index is 11.3. The number of carbonyl (C=O) groups is 1. The van der Waals surface area contributed by atoms with Crippen molar-refractivity contribution in [2.45, 2.75) is 27.2 Å². The van der Waals surface area contributed by atoms with Crippen LogP contribution in [0.3, 0.4) is 0 Å². The van der Waals surface area contributed by atoms with Crippen LogP contribution >= 0.6 is 11.6 Å². The molecule has 0 unspecified atom stereocenters. The third-order valence-corrected chi connectivity index (χ3v) is 2.83. The summed E-state index contributed by atoms with van der Waals surface area (Å²) in [6.45, 7) is 5.35. The molecular formula is C12H14ClNO2. The second-order valence-electron chi connectivity index (χ2n) is 4.53. The molecule has 0 bridgehead atoms. The number of carbonyl (C=O) groups excluding carboxylic acids is 1. The quantitative estimate of drug-likeness (QED) is 0.758. The number of benzene rings is 1. The smallest absolute Gasteiger partial charge is 0.268 e. The molecule has 86 valence electrons. The van der Waals surface area contributed by atoms with Gasteiger partial charge in [0, 0.05) is 10.2 Å². The lowest BCUT2D eigenvalue weighted by molar-refractivity contribution is -0.125. The topological polar surface area (TPSA) is 46.5 Å². The van der Waals surface area contributed by atoms with Gasteiger partial charge in [-0.3, -0.25) is 4.79 Å². The van der Waals surface area contributed by atoms with E-state index in [1.807, 2.05) is 19.1 Å². The van der Waals surface area contributed by atoms with E-state index in [9.17, 15) is 9.70 Å². The minimum absolute atomic E-state index is 0.487. The van der Waals surface area contributed by atoms with Gasteiger partial charge in [-0.1, -0.05) is 31.5 Å². The summed E-state index contributed by atoms with van der Waals surface area (Å²) in [4.78, 5) is 21.6. The van der Waals surface area contributed by atoms with E-state index in [1.165, 1.54) is 0 Å². The third kappa shape index (κ3) is 2.89. The molecule has 0 saturated heterocycles. The SMILES string of the molecule is Cc1cc(Cl)ccc1CC(C)(C)C(=O)N=O. The van der Waals surface area contributed by atoms with E-state index in [0.717, 1.165) is 11.1 Å². The summed E-state index contributed by atoms with van der Waals surface area (Å²) < 4.78 is 0.